The Bertz CT molecular complexity index is 652. The molecular weight excluding hydrogens is 332 g/mol. The van der Waals surface area contributed by atoms with Crippen LogP contribution in [0.4, 0.5) is 0 Å². The van der Waals surface area contributed by atoms with Crippen LogP contribution in [0.15, 0.2) is 47.8 Å². The summed E-state index contributed by atoms with van der Waals surface area (Å²) < 4.78 is 0. The van der Waals surface area contributed by atoms with Gasteiger partial charge in [0.2, 0.25) is 5.91 Å². The van der Waals surface area contributed by atoms with Gasteiger partial charge < -0.3 is 10.0 Å². The van der Waals surface area contributed by atoms with E-state index in [1.807, 2.05) is 48.8 Å². The van der Waals surface area contributed by atoms with E-state index in [-0.39, 0.29) is 11.8 Å². The molecule has 3 rings (SSSR count). The number of benzene rings is 1. The Hall–Kier alpha value is -1.69. The van der Waals surface area contributed by atoms with Crippen LogP contribution in [0.2, 0.25) is 0 Å². The van der Waals surface area contributed by atoms with Crippen LogP contribution in [0.1, 0.15) is 29.4 Å². The predicted octanol–water partition coefficient (Wildman–Crippen LogP) is 3.15. The van der Waals surface area contributed by atoms with E-state index in [1.165, 1.54) is 4.88 Å². The minimum absolute atomic E-state index is 0.162. The fraction of sp³-hybridized carbons (Fsp3) is 0.450. The molecule has 134 valence electrons. The van der Waals surface area contributed by atoms with Crippen LogP contribution in [0.25, 0.3) is 0 Å². The normalized spacial score (nSPS) is 17.4. The van der Waals surface area contributed by atoms with Crippen LogP contribution in [-0.4, -0.2) is 47.5 Å². The number of aliphatic hydroxyl groups excluding tert-OH is 1. The lowest BCUT2D eigenvalue weighted by molar-refractivity contribution is -0.132. The number of likely N-dealkylation sites (tertiary alicyclic amines) is 1. The Morgan fingerprint density at radius 2 is 1.96 bits per heavy atom. The maximum Gasteiger partial charge on any atom is 0.236 e. The van der Waals surface area contributed by atoms with Gasteiger partial charge in [0, 0.05) is 11.9 Å². The van der Waals surface area contributed by atoms with E-state index in [0.29, 0.717) is 13.1 Å². The van der Waals surface area contributed by atoms with Gasteiger partial charge in [-0.1, -0.05) is 36.4 Å². The molecule has 1 aliphatic rings. The monoisotopic (exact) mass is 358 g/mol. The Morgan fingerprint density at radius 3 is 2.60 bits per heavy atom. The van der Waals surface area contributed by atoms with Gasteiger partial charge in [0.1, 0.15) is 0 Å². The lowest BCUT2D eigenvalue weighted by atomic mass is 9.87. The number of hydrogen-bond acceptors (Lipinski definition) is 4. The molecule has 1 saturated heterocycles. The van der Waals surface area contributed by atoms with Gasteiger partial charge >= 0.3 is 0 Å². The van der Waals surface area contributed by atoms with Crippen LogP contribution in [-0.2, 0) is 11.3 Å². The zero-order chi connectivity index (χ0) is 17.6. The third-order valence-electron chi connectivity index (χ3n) is 4.98. The maximum atomic E-state index is 12.4. The van der Waals surface area contributed by atoms with Gasteiger partial charge in [0.25, 0.3) is 0 Å². The molecule has 1 aromatic heterocycles. The SMILES string of the molecule is CN(Cc1cccs1)C(=O)CN1CCC(C(O)c2ccccc2)CC1. The Kier molecular flexibility index (Phi) is 6.24. The van der Waals surface area contributed by atoms with Crippen LogP contribution < -0.4 is 0 Å². The number of thiophene rings is 1. The van der Waals surface area contributed by atoms with E-state index >= 15 is 0 Å². The second-order valence-corrected chi connectivity index (χ2v) is 7.83. The molecule has 0 radical (unpaired) electrons. The quantitative estimate of drug-likeness (QED) is 0.863. The summed E-state index contributed by atoms with van der Waals surface area (Å²) in [6.45, 7) is 2.88. The smallest absolute Gasteiger partial charge is 0.236 e. The molecule has 2 heterocycles. The molecule has 25 heavy (non-hydrogen) atoms. The van der Waals surface area contributed by atoms with Gasteiger partial charge in [-0.15, -0.1) is 11.3 Å². The van der Waals surface area contributed by atoms with Gasteiger partial charge in [-0.05, 0) is 48.9 Å². The number of carbonyl (C=O) groups is 1. The number of piperidine rings is 1. The van der Waals surface area contributed by atoms with E-state index in [0.717, 1.165) is 31.5 Å². The van der Waals surface area contributed by atoms with Gasteiger partial charge in [-0.2, -0.15) is 0 Å². The average Bonchev–Trinajstić information content (AvgIpc) is 3.15. The van der Waals surface area contributed by atoms with Crippen LogP contribution in [0.3, 0.4) is 0 Å². The molecule has 0 aliphatic carbocycles. The molecule has 1 atom stereocenters. The van der Waals surface area contributed by atoms with Crippen molar-refractivity contribution in [2.45, 2.75) is 25.5 Å². The first-order valence-corrected chi connectivity index (χ1v) is 9.73. The maximum absolute atomic E-state index is 12.4. The number of aliphatic hydroxyl groups is 1. The molecule has 0 saturated carbocycles. The molecule has 4 nitrogen and oxygen atoms in total. The second-order valence-electron chi connectivity index (χ2n) is 6.80. The van der Waals surface area contributed by atoms with E-state index in [1.54, 1.807) is 16.2 Å². The van der Waals surface area contributed by atoms with Crippen molar-refractivity contribution in [3.63, 3.8) is 0 Å². The lowest BCUT2D eigenvalue weighted by Crippen LogP contribution is -2.42. The first-order chi connectivity index (χ1) is 12.1. The standard InChI is InChI=1S/C20H26N2O2S/c1-21(14-18-8-5-13-25-18)19(23)15-22-11-9-17(10-12-22)20(24)16-6-3-2-4-7-16/h2-8,13,17,20,24H,9-12,14-15H2,1H3. The first kappa shape index (κ1) is 18.1. The summed E-state index contributed by atoms with van der Waals surface area (Å²) in [5, 5.41) is 12.6. The highest BCUT2D eigenvalue weighted by Gasteiger charge is 2.27. The largest absolute Gasteiger partial charge is 0.388 e. The zero-order valence-corrected chi connectivity index (χ0v) is 15.5. The molecule has 0 bridgehead atoms. The predicted molar refractivity (Wildman–Crippen MR) is 101 cm³/mol. The highest BCUT2D eigenvalue weighted by atomic mass is 32.1. The molecule has 5 heteroatoms. The molecular formula is C20H26N2O2S. The summed E-state index contributed by atoms with van der Waals surface area (Å²) >= 11 is 1.68. The highest BCUT2D eigenvalue weighted by molar-refractivity contribution is 7.09. The van der Waals surface area contributed by atoms with E-state index in [2.05, 4.69) is 11.0 Å². The van der Waals surface area contributed by atoms with Crippen molar-refractivity contribution in [3.05, 3.63) is 58.3 Å². The van der Waals surface area contributed by atoms with Crippen molar-refractivity contribution >= 4 is 17.2 Å². The minimum atomic E-state index is -0.402. The lowest BCUT2D eigenvalue weighted by Gasteiger charge is -2.34. The number of carbonyl (C=O) groups excluding carboxylic acids is 1. The molecule has 1 aliphatic heterocycles. The van der Waals surface area contributed by atoms with Gasteiger partial charge in [-0.25, -0.2) is 0 Å². The molecule has 1 fully saturated rings. The minimum Gasteiger partial charge on any atom is -0.388 e. The van der Waals surface area contributed by atoms with E-state index in [9.17, 15) is 9.90 Å². The first-order valence-electron chi connectivity index (χ1n) is 8.85. The number of nitrogens with zero attached hydrogens (tertiary/aromatic N) is 2. The van der Waals surface area contributed by atoms with Crippen LogP contribution in [0, 0.1) is 5.92 Å². The van der Waals surface area contributed by atoms with Crippen LogP contribution in [0.5, 0.6) is 0 Å². The van der Waals surface area contributed by atoms with E-state index < -0.39 is 6.10 Å². The van der Waals surface area contributed by atoms with Gasteiger partial charge in [-0.3, -0.25) is 9.69 Å². The zero-order valence-electron chi connectivity index (χ0n) is 14.7. The summed E-state index contributed by atoms with van der Waals surface area (Å²) in [4.78, 5) is 17.6. The molecule has 1 amide bonds. The second kappa shape index (κ2) is 8.61. The molecule has 2 aromatic rings. The fourth-order valence-electron chi connectivity index (χ4n) is 3.39. The molecule has 1 aromatic carbocycles. The van der Waals surface area contributed by atoms with Crippen molar-refractivity contribution in [1.29, 1.82) is 0 Å². The Morgan fingerprint density at radius 1 is 1.24 bits per heavy atom. The molecule has 0 spiro atoms. The summed E-state index contributed by atoms with van der Waals surface area (Å²) in [6, 6.07) is 14.0. The molecule has 1 N–H and O–H groups in total. The van der Waals surface area contributed by atoms with Gasteiger partial charge in [0.05, 0.1) is 19.2 Å². The number of likely N-dealkylation sites (N-methyl/N-ethyl adjacent to an activating group) is 1. The topological polar surface area (TPSA) is 43.8 Å². The van der Waals surface area contributed by atoms with Crippen molar-refractivity contribution in [3.8, 4) is 0 Å². The number of rotatable bonds is 6. The van der Waals surface area contributed by atoms with Crippen molar-refractivity contribution < 1.29 is 9.90 Å². The third kappa shape index (κ3) is 4.91. The summed E-state index contributed by atoms with van der Waals surface area (Å²) in [5.41, 5.74) is 0.993. The third-order valence-corrected chi connectivity index (χ3v) is 5.84. The Balaban J connectivity index is 1.45. The molecule has 1 unspecified atom stereocenters. The van der Waals surface area contributed by atoms with Crippen LogP contribution >= 0.6 is 11.3 Å². The van der Waals surface area contributed by atoms with E-state index in [4.69, 9.17) is 0 Å². The summed E-state index contributed by atoms with van der Waals surface area (Å²) in [5.74, 6) is 0.438. The van der Waals surface area contributed by atoms with Crippen molar-refractivity contribution in [1.82, 2.24) is 9.80 Å². The summed E-state index contributed by atoms with van der Waals surface area (Å²) in [7, 11) is 1.87. The summed E-state index contributed by atoms with van der Waals surface area (Å²) in [6.07, 6.45) is 1.45. The van der Waals surface area contributed by atoms with Crippen molar-refractivity contribution in [2.75, 3.05) is 26.7 Å². The number of hydrogen-bond donors (Lipinski definition) is 1. The number of amides is 1. The average molecular weight is 359 g/mol. The Labute approximate surface area is 153 Å². The van der Waals surface area contributed by atoms with Crippen molar-refractivity contribution in [2.24, 2.45) is 5.92 Å². The highest BCUT2D eigenvalue weighted by Crippen LogP contribution is 2.30. The van der Waals surface area contributed by atoms with Gasteiger partial charge in [0.15, 0.2) is 0 Å². The fourth-order valence-corrected chi connectivity index (χ4v) is 4.14.